The molecule has 0 saturated heterocycles. The van der Waals surface area contributed by atoms with E-state index in [1.165, 1.54) is 12.8 Å². The van der Waals surface area contributed by atoms with E-state index in [4.69, 9.17) is 10.5 Å². The van der Waals surface area contributed by atoms with E-state index in [0.29, 0.717) is 19.1 Å². The van der Waals surface area contributed by atoms with E-state index >= 15 is 0 Å². The molecule has 1 amide bonds. The van der Waals surface area contributed by atoms with E-state index in [-0.39, 0.29) is 18.6 Å². The molecule has 1 fully saturated rings. The van der Waals surface area contributed by atoms with Gasteiger partial charge < -0.3 is 15.8 Å². The van der Waals surface area contributed by atoms with Crippen molar-refractivity contribution in [3.63, 3.8) is 0 Å². The average molecular weight is 276 g/mol. The molecule has 2 unspecified atom stereocenters. The van der Waals surface area contributed by atoms with Gasteiger partial charge in [0.05, 0.1) is 6.61 Å². The molecule has 0 aromatic heterocycles. The highest BCUT2D eigenvalue weighted by Gasteiger charge is 2.25. The smallest absolute Gasteiger partial charge is 0.246 e. The fourth-order valence-corrected chi connectivity index (χ4v) is 2.76. The zero-order chi connectivity index (χ0) is 14.2. The summed E-state index contributed by atoms with van der Waals surface area (Å²) in [5.74, 6) is 0.383. The molecule has 1 saturated carbocycles. The number of benzene rings is 1. The predicted molar refractivity (Wildman–Crippen MR) is 79.0 cm³/mol. The number of hydrogen-bond acceptors (Lipinski definition) is 3. The van der Waals surface area contributed by atoms with Crippen LogP contribution < -0.4 is 11.1 Å². The van der Waals surface area contributed by atoms with Crippen LogP contribution in [-0.2, 0) is 16.1 Å². The molecule has 4 nitrogen and oxygen atoms in total. The Morgan fingerprint density at radius 3 is 2.75 bits per heavy atom. The summed E-state index contributed by atoms with van der Waals surface area (Å²) in [5, 5.41) is 3.06. The standard InChI is InChI=1S/C16H24N2O2/c17-10-14-8-4-5-9-15(14)18-16(19)12-20-11-13-6-2-1-3-7-13/h1-3,6-7,14-15H,4-5,8-12,17H2,(H,18,19). The molecule has 3 N–H and O–H groups in total. The third-order valence-corrected chi connectivity index (χ3v) is 3.90. The minimum atomic E-state index is -0.0359. The second-order valence-electron chi connectivity index (χ2n) is 5.43. The number of ether oxygens (including phenoxy) is 1. The molecule has 2 atom stereocenters. The lowest BCUT2D eigenvalue weighted by Crippen LogP contribution is -2.45. The minimum absolute atomic E-state index is 0.0359. The fourth-order valence-electron chi connectivity index (χ4n) is 2.76. The van der Waals surface area contributed by atoms with Gasteiger partial charge in [-0.15, -0.1) is 0 Å². The maximum Gasteiger partial charge on any atom is 0.246 e. The van der Waals surface area contributed by atoms with Crippen molar-refractivity contribution < 1.29 is 9.53 Å². The van der Waals surface area contributed by atoms with E-state index in [1.807, 2.05) is 30.3 Å². The Morgan fingerprint density at radius 1 is 1.25 bits per heavy atom. The number of nitrogens with two attached hydrogens (primary N) is 1. The average Bonchev–Trinajstić information content (AvgIpc) is 2.49. The number of hydrogen-bond donors (Lipinski definition) is 2. The lowest BCUT2D eigenvalue weighted by atomic mass is 9.84. The van der Waals surface area contributed by atoms with Crippen LogP contribution in [-0.4, -0.2) is 25.1 Å². The molecule has 20 heavy (non-hydrogen) atoms. The van der Waals surface area contributed by atoms with E-state index in [1.54, 1.807) is 0 Å². The Bertz CT molecular complexity index is 408. The van der Waals surface area contributed by atoms with Crippen molar-refractivity contribution in [1.29, 1.82) is 0 Å². The molecule has 0 heterocycles. The van der Waals surface area contributed by atoms with Crippen LogP contribution in [0.5, 0.6) is 0 Å². The van der Waals surface area contributed by atoms with Crippen LogP contribution in [0.2, 0.25) is 0 Å². The highest BCUT2D eigenvalue weighted by Crippen LogP contribution is 2.23. The van der Waals surface area contributed by atoms with Gasteiger partial charge in [-0.1, -0.05) is 43.2 Å². The van der Waals surface area contributed by atoms with Gasteiger partial charge in [0.1, 0.15) is 6.61 Å². The van der Waals surface area contributed by atoms with Crippen LogP contribution >= 0.6 is 0 Å². The summed E-state index contributed by atoms with van der Waals surface area (Å²) in [6, 6.07) is 10.1. The van der Waals surface area contributed by atoms with E-state index in [2.05, 4.69) is 5.32 Å². The molecule has 0 aliphatic heterocycles. The molecule has 1 aliphatic rings. The zero-order valence-electron chi connectivity index (χ0n) is 11.9. The molecule has 0 spiro atoms. The molecular weight excluding hydrogens is 252 g/mol. The molecule has 1 aromatic rings. The summed E-state index contributed by atoms with van der Waals surface area (Å²) < 4.78 is 5.45. The van der Waals surface area contributed by atoms with E-state index in [0.717, 1.165) is 18.4 Å². The van der Waals surface area contributed by atoms with E-state index < -0.39 is 0 Å². The maximum absolute atomic E-state index is 11.9. The minimum Gasteiger partial charge on any atom is -0.367 e. The monoisotopic (exact) mass is 276 g/mol. The van der Waals surface area contributed by atoms with Gasteiger partial charge in [0.25, 0.3) is 0 Å². The highest BCUT2D eigenvalue weighted by molar-refractivity contribution is 5.77. The Labute approximate surface area is 120 Å². The predicted octanol–water partition coefficient (Wildman–Crippen LogP) is 1.84. The summed E-state index contributed by atoms with van der Waals surface area (Å²) in [6.07, 6.45) is 4.55. The van der Waals surface area contributed by atoms with Crippen molar-refractivity contribution in [3.8, 4) is 0 Å². The molecule has 4 heteroatoms. The Hall–Kier alpha value is -1.39. The first-order valence-electron chi connectivity index (χ1n) is 7.40. The van der Waals surface area contributed by atoms with Crippen molar-refractivity contribution in [2.75, 3.05) is 13.2 Å². The van der Waals surface area contributed by atoms with Crippen LogP contribution in [0.4, 0.5) is 0 Å². The zero-order valence-corrected chi connectivity index (χ0v) is 11.9. The molecule has 1 aliphatic carbocycles. The normalized spacial score (nSPS) is 22.4. The quantitative estimate of drug-likeness (QED) is 0.833. The first kappa shape index (κ1) is 15.0. The van der Waals surface area contributed by atoms with Gasteiger partial charge in [0, 0.05) is 6.04 Å². The van der Waals surface area contributed by atoms with Crippen molar-refractivity contribution in [2.45, 2.75) is 38.3 Å². The van der Waals surface area contributed by atoms with Crippen molar-refractivity contribution in [2.24, 2.45) is 11.7 Å². The van der Waals surface area contributed by atoms with Gasteiger partial charge in [-0.3, -0.25) is 4.79 Å². The summed E-state index contributed by atoms with van der Waals surface area (Å²) >= 11 is 0. The molecule has 110 valence electrons. The lowest BCUT2D eigenvalue weighted by Gasteiger charge is -2.31. The summed E-state index contributed by atoms with van der Waals surface area (Å²) in [6.45, 7) is 1.23. The summed E-state index contributed by atoms with van der Waals surface area (Å²) in [5.41, 5.74) is 6.84. The number of carbonyl (C=O) groups is 1. The van der Waals surface area contributed by atoms with Crippen molar-refractivity contribution >= 4 is 5.91 Å². The highest BCUT2D eigenvalue weighted by atomic mass is 16.5. The lowest BCUT2D eigenvalue weighted by molar-refractivity contribution is -0.127. The van der Waals surface area contributed by atoms with Crippen LogP contribution in [0, 0.1) is 5.92 Å². The number of nitrogens with one attached hydrogen (secondary N) is 1. The van der Waals surface area contributed by atoms with Gasteiger partial charge in [-0.05, 0) is 30.9 Å². The number of amides is 1. The first-order chi connectivity index (χ1) is 9.79. The number of rotatable bonds is 6. The van der Waals surface area contributed by atoms with Gasteiger partial charge in [-0.2, -0.15) is 0 Å². The molecule has 0 bridgehead atoms. The third kappa shape index (κ3) is 4.62. The first-order valence-corrected chi connectivity index (χ1v) is 7.40. The third-order valence-electron chi connectivity index (χ3n) is 3.90. The van der Waals surface area contributed by atoms with Crippen molar-refractivity contribution in [3.05, 3.63) is 35.9 Å². The van der Waals surface area contributed by atoms with E-state index in [9.17, 15) is 4.79 Å². The maximum atomic E-state index is 11.9. The Morgan fingerprint density at radius 2 is 2.00 bits per heavy atom. The van der Waals surface area contributed by atoms with Crippen LogP contribution in [0.3, 0.4) is 0 Å². The second-order valence-corrected chi connectivity index (χ2v) is 5.43. The Balaban J connectivity index is 1.69. The largest absolute Gasteiger partial charge is 0.367 e. The van der Waals surface area contributed by atoms with Gasteiger partial charge in [0.15, 0.2) is 0 Å². The second kappa shape index (κ2) is 8.02. The SMILES string of the molecule is NCC1CCCCC1NC(=O)COCc1ccccc1. The molecule has 1 aromatic carbocycles. The summed E-state index contributed by atoms with van der Waals surface area (Å²) in [7, 11) is 0. The van der Waals surface area contributed by atoms with Gasteiger partial charge >= 0.3 is 0 Å². The molecule has 2 rings (SSSR count). The van der Waals surface area contributed by atoms with Crippen LogP contribution in [0.15, 0.2) is 30.3 Å². The van der Waals surface area contributed by atoms with Gasteiger partial charge in [0.2, 0.25) is 5.91 Å². The topological polar surface area (TPSA) is 64.3 Å². The van der Waals surface area contributed by atoms with Gasteiger partial charge in [-0.25, -0.2) is 0 Å². The van der Waals surface area contributed by atoms with Crippen molar-refractivity contribution in [1.82, 2.24) is 5.32 Å². The molecular formula is C16H24N2O2. The fraction of sp³-hybridized carbons (Fsp3) is 0.562. The Kier molecular flexibility index (Phi) is 6.02. The van der Waals surface area contributed by atoms with Crippen LogP contribution in [0.25, 0.3) is 0 Å². The molecule has 0 radical (unpaired) electrons. The summed E-state index contributed by atoms with van der Waals surface area (Å²) in [4.78, 5) is 11.9. The number of carbonyl (C=O) groups excluding carboxylic acids is 1. The van der Waals surface area contributed by atoms with Crippen LogP contribution in [0.1, 0.15) is 31.2 Å².